The first kappa shape index (κ1) is 15.2. The number of thiophene rings is 1. The highest BCUT2D eigenvalue weighted by Gasteiger charge is 2.20. The van der Waals surface area contributed by atoms with Crippen molar-refractivity contribution in [3.63, 3.8) is 0 Å². The Morgan fingerprint density at radius 3 is 2.63 bits per heavy atom. The van der Waals surface area contributed by atoms with Gasteiger partial charge in [-0.05, 0) is 18.2 Å². The molecule has 1 atom stereocenters. The van der Waals surface area contributed by atoms with Crippen LogP contribution in [-0.2, 0) is 14.4 Å². The van der Waals surface area contributed by atoms with E-state index in [4.69, 9.17) is 22.4 Å². The highest BCUT2D eigenvalue weighted by atomic mass is 35.5. The van der Waals surface area contributed by atoms with E-state index in [9.17, 15) is 14.4 Å². The fourth-order valence-electron chi connectivity index (χ4n) is 1.20. The summed E-state index contributed by atoms with van der Waals surface area (Å²) in [4.78, 5) is 33.7. The van der Waals surface area contributed by atoms with Gasteiger partial charge in [-0.15, -0.1) is 11.3 Å². The lowest BCUT2D eigenvalue weighted by molar-refractivity contribution is -0.142. The van der Waals surface area contributed by atoms with E-state index in [1.807, 2.05) is 0 Å². The highest BCUT2D eigenvalue weighted by Crippen LogP contribution is 2.22. The standard InChI is InChI=1S/C11H11ClN2O4S/c12-8-3-1-6(19-8)2-4-10(16)14-7(11(17)18)5-9(13)15/h1-4,7H,5H2,(H2,13,15)(H,14,16)(H,17,18)/t7-/m0/s1. The van der Waals surface area contributed by atoms with Crippen LogP contribution in [0.1, 0.15) is 11.3 Å². The number of hydrogen-bond acceptors (Lipinski definition) is 4. The van der Waals surface area contributed by atoms with Crippen molar-refractivity contribution < 1.29 is 19.5 Å². The molecular formula is C11H11ClN2O4S. The number of nitrogens with two attached hydrogens (primary N) is 1. The molecule has 0 aliphatic heterocycles. The van der Waals surface area contributed by atoms with Crippen LogP contribution in [0.3, 0.4) is 0 Å². The quantitative estimate of drug-likeness (QED) is 0.677. The SMILES string of the molecule is NC(=O)C[C@H](NC(=O)C=Cc1ccc(Cl)s1)C(=O)O. The van der Waals surface area contributed by atoms with Crippen molar-refractivity contribution in [1.29, 1.82) is 0 Å². The Bertz CT molecular complexity index is 527. The van der Waals surface area contributed by atoms with Crippen molar-refractivity contribution in [2.75, 3.05) is 0 Å². The second kappa shape index (κ2) is 6.91. The fourth-order valence-corrected chi connectivity index (χ4v) is 2.16. The minimum absolute atomic E-state index is 0.459. The van der Waals surface area contributed by atoms with E-state index in [1.165, 1.54) is 23.5 Å². The molecule has 0 saturated heterocycles. The van der Waals surface area contributed by atoms with Gasteiger partial charge >= 0.3 is 5.97 Å². The molecule has 0 radical (unpaired) electrons. The Balaban J connectivity index is 2.60. The summed E-state index contributed by atoms with van der Waals surface area (Å²) in [6.45, 7) is 0. The van der Waals surface area contributed by atoms with E-state index in [0.29, 0.717) is 4.34 Å². The van der Waals surface area contributed by atoms with Gasteiger partial charge in [0, 0.05) is 11.0 Å². The van der Waals surface area contributed by atoms with Crippen LogP contribution in [0.4, 0.5) is 0 Å². The lowest BCUT2D eigenvalue weighted by Gasteiger charge is -2.10. The van der Waals surface area contributed by atoms with Gasteiger partial charge in [0.2, 0.25) is 11.8 Å². The molecule has 1 rings (SSSR count). The van der Waals surface area contributed by atoms with Gasteiger partial charge in [0.25, 0.3) is 0 Å². The molecule has 1 aromatic heterocycles. The second-order valence-electron chi connectivity index (χ2n) is 3.55. The number of hydrogen-bond donors (Lipinski definition) is 3. The van der Waals surface area contributed by atoms with Gasteiger partial charge in [-0.2, -0.15) is 0 Å². The molecule has 102 valence electrons. The Morgan fingerprint density at radius 1 is 1.47 bits per heavy atom. The molecule has 0 unspecified atom stereocenters. The molecule has 1 aromatic rings. The molecule has 4 N–H and O–H groups in total. The van der Waals surface area contributed by atoms with E-state index in [2.05, 4.69) is 5.32 Å². The summed E-state index contributed by atoms with van der Waals surface area (Å²) in [5, 5.41) is 11.0. The molecule has 6 nitrogen and oxygen atoms in total. The summed E-state index contributed by atoms with van der Waals surface area (Å²) >= 11 is 6.99. The minimum atomic E-state index is -1.33. The number of carbonyl (C=O) groups is 3. The lowest BCUT2D eigenvalue weighted by Crippen LogP contribution is -2.42. The Hall–Kier alpha value is -1.86. The fraction of sp³-hybridized carbons (Fsp3) is 0.182. The monoisotopic (exact) mass is 302 g/mol. The van der Waals surface area contributed by atoms with Gasteiger partial charge in [-0.1, -0.05) is 11.6 Å². The molecule has 1 heterocycles. The molecule has 0 aromatic carbocycles. The van der Waals surface area contributed by atoms with Gasteiger partial charge in [-0.25, -0.2) is 4.79 Å². The second-order valence-corrected chi connectivity index (χ2v) is 5.29. The zero-order chi connectivity index (χ0) is 14.4. The number of carbonyl (C=O) groups excluding carboxylic acids is 2. The maximum Gasteiger partial charge on any atom is 0.326 e. The number of nitrogens with one attached hydrogen (secondary N) is 1. The van der Waals surface area contributed by atoms with Gasteiger partial charge in [-0.3, -0.25) is 9.59 Å². The summed E-state index contributed by atoms with van der Waals surface area (Å²) in [5.41, 5.74) is 4.89. The van der Waals surface area contributed by atoms with Crippen LogP contribution in [0.25, 0.3) is 6.08 Å². The average molecular weight is 303 g/mol. The van der Waals surface area contributed by atoms with E-state index in [1.54, 1.807) is 12.1 Å². The predicted molar refractivity (Wildman–Crippen MR) is 71.7 cm³/mol. The topological polar surface area (TPSA) is 109 Å². The van der Waals surface area contributed by atoms with Crippen molar-refractivity contribution in [3.8, 4) is 0 Å². The highest BCUT2D eigenvalue weighted by molar-refractivity contribution is 7.17. The van der Waals surface area contributed by atoms with Crippen LogP contribution in [0.2, 0.25) is 4.34 Å². The Kier molecular flexibility index (Phi) is 5.53. The largest absolute Gasteiger partial charge is 0.480 e. The van der Waals surface area contributed by atoms with Crippen molar-refractivity contribution in [3.05, 3.63) is 27.4 Å². The first-order valence-corrected chi connectivity index (χ1v) is 6.33. The molecule has 0 aliphatic carbocycles. The summed E-state index contributed by atoms with van der Waals surface area (Å²) in [6.07, 6.45) is 2.20. The van der Waals surface area contributed by atoms with Gasteiger partial charge in [0.15, 0.2) is 0 Å². The van der Waals surface area contributed by atoms with E-state index >= 15 is 0 Å². The van der Waals surface area contributed by atoms with Crippen LogP contribution in [0, 0.1) is 0 Å². The number of primary amides is 1. The third kappa shape index (κ3) is 5.54. The molecule has 8 heteroatoms. The van der Waals surface area contributed by atoms with Crippen molar-refractivity contribution in [1.82, 2.24) is 5.32 Å². The van der Waals surface area contributed by atoms with Crippen molar-refractivity contribution >= 4 is 46.8 Å². The molecule has 19 heavy (non-hydrogen) atoms. The number of aliphatic carboxylic acids is 1. The average Bonchev–Trinajstić information content (AvgIpc) is 2.71. The van der Waals surface area contributed by atoms with Crippen LogP contribution < -0.4 is 11.1 Å². The number of amides is 2. The van der Waals surface area contributed by atoms with Crippen LogP contribution in [-0.4, -0.2) is 28.9 Å². The van der Waals surface area contributed by atoms with Gasteiger partial charge < -0.3 is 16.2 Å². The Morgan fingerprint density at radius 2 is 2.16 bits per heavy atom. The number of carboxylic acids is 1. The third-order valence-electron chi connectivity index (χ3n) is 2.01. The molecule has 0 fully saturated rings. The number of carboxylic acid groups (broad SMARTS) is 1. The zero-order valence-corrected chi connectivity index (χ0v) is 11.2. The molecule has 0 spiro atoms. The third-order valence-corrected chi connectivity index (χ3v) is 3.21. The van der Waals surface area contributed by atoms with Crippen LogP contribution >= 0.6 is 22.9 Å². The molecule has 0 bridgehead atoms. The molecular weight excluding hydrogens is 292 g/mol. The van der Waals surface area contributed by atoms with E-state index in [-0.39, 0.29) is 0 Å². The Labute approximate surface area is 117 Å². The first-order valence-electron chi connectivity index (χ1n) is 5.13. The maximum absolute atomic E-state index is 11.5. The van der Waals surface area contributed by atoms with Gasteiger partial charge in [0.1, 0.15) is 6.04 Å². The smallest absolute Gasteiger partial charge is 0.326 e. The summed E-state index contributed by atoms with van der Waals surface area (Å²) in [7, 11) is 0. The molecule has 2 amide bonds. The molecule has 0 saturated carbocycles. The zero-order valence-electron chi connectivity index (χ0n) is 9.63. The first-order chi connectivity index (χ1) is 8.88. The normalized spacial score (nSPS) is 12.3. The number of rotatable bonds is 6. The van der Waals surface area contributed by atoms with E-state index in [0.717, 1.165) is 4.88 Å². The number of halogens is 1. The summed E-state index contributed by atoms with van der Waals surface area (Å²) in [6, 6.07) is 2.06. The van der Waals surface area contributed by atoms with Crippen LogP contribution in [0.15, 0.2) is 18.2 Å². The van der Waals surface area contributed by atoms with E-state index < -0.39 is 30.2 Å². The van der Waals surface area contributed by atoms with Crippen LogP contribution in [0.5, 0.6) is 0 Å². The maximum atomic E-state index is 11.5. The van der Waals surface area contributed by atoms with Crippen molar-refractivity contribution in [2.24, 2.45) is 5.73 Å². The lowest BCUT2D eigenvalue weighted by atomic mass is 10.2. The minimum Gasteiger partial charge on any atom is -0.480 e. The molecule has 0 aliphatic rings. The predicted octanol–water partition coefficient (Wildman–Crippen LogP) is 0.859. The summed E-state index contributed by atoms with van der Waals surface area (Å²) < 4.78 is 0.581. The summed E-state index contributed by atoms with van der Waals surface area (Å²) in [5.74, 6) is -2.75. The van der Waals surface area contributed by atoms with Crippen molar-refractivity contribution in [2.45, 2.75) is 12.5 Å². The van der Waals surface area contributed by atoms with Gasteiger partial charge in [0.05, 0.1) is 10.8 Å².